The summed E-state index contributed by atoms with van der Waals surface area (Å²) in [6, 6.07) is 12.7. The van der Waals surface area contributed by atoms with Crippen molar-refractivity contribution in [1.82, 2.24) is 4.98 Å². The molecule has 0 saturated carbocycles. The standard InChI is InChI=1S/C30H29N2O/c1-17(2)19-13-14-32(6)24(15-19)25-18(3)11-12-21-27-29(33-28(21)25)26-20-9-7-8-10-22(20)30(4,5)23(26)16-31-27/h7-17H,1-6H3/q+1/i1D3,2D3,4D3,5D3,17D. The predicted octanol–water partition coefficient (Wildman–Crippen LogP) is 7.21. The van der Waals surface area contributed by atoms with Gasteiger partial charge in [0.1, 0.15) is 12.6 Å². The van der Waals surface area contributed by atoms with Gasteiger partial charge in [0.2, 0.25) is 5.69 Å². The highest BCUT2D eigenvalue weighted by molar-refractivity contribution is 6.12. The summed E-state index contributed by atoms with van der Waals surface area (Å²) in [5.74, 6) is -2.93. The molecular weight excluding hydrogens is 404 g/mol. The molecule has 0 radical (unpaired) electrons. The number of hydrogen-bond acceptors (Lipinski definition) is 2. The largest absolute Gasteiger partial charge is 0.453 e. The topological polar surface area (TPSA) is 29.9 Å². The fraction of sp³-hybridized carbons (Fsp3) is 0.267. The molecule has 164 valence electrons. The van der Waals surface area contributed by atoms with Gasteiger partial charge in [-0.3, -0.25) is 4.98 Å². The van der Waals surface area contributed by atoms with Crippen LogP contribution in [0.4, 0.5) is 0 Å². The molecule has 0 unspecified atom stereocenters. The maximum absolute atomic E-state index is 8.73. The van der Waals surface area contributed by atoms with Crippen molar-refractivity contribution in [3.63, 3.8) is 0 Å². The zero-order chi connectivity index (χ0) is 34.0. The second-order valence-electron chi connectivity index (χ2n) is 8.54. The zero-order valence-corrected chi connectivity index (χ0v) is 18.1. The van der Waals surface area contributed by atoms with Crippen molar-refractivity contribution in [1.29, 1.82) is 0 Å². The quantitative estimate of drug-likeness (QED) is 0.268. The Morgan fingerprint density at radius 1 is 1.03 bits per heavy atom. The van der Waals surface area contributed by atoms with Crippen molar-refractivity contribution in [3.8, 4) is 22.4 Å². The fourth-order valence-corrected chi connectivity index (χ4v) is 4.88. The van der Waals surface area contributed by atoms with Gasteiger partial charge < -0.3 is 4.42 Å². The highest BCUT2D eigenvalue weighted by Crippen LogP contribution is 2.52. The Balaban J connectivity index is 1.71. The number of benzene rings is 2. The van der Waals surface area contributed by atoms with Gasteiger partial charge in [-0.1, -0.05) is 57.7 Å². The van der Waals surface area contributed by atoms with Crippen LogP contribution in [0.5, 0.6) is 0 Å². The average molecular weight is 447 g/mol. The third-order valence-electron chi connectivity index (χ3n) is 6.56. The fourth-order valence-electron chi connectivity index (χ4n) is 4.88. The minimum atomic E-state index is -3.19. The van der Waals surface area contributed by atoms with Crippen LogP contribution in [-0.2, 0) is 12.5 Å². The molecule has 3 heterocycles. The first-order valence-corrected chi connectivity index (χ1v) is 10.5. The first-order chi connectivity index (χ1) is 21.1. The molecule has 0 aliphatic heterocycles. The summed E-state index contributed by atoms with van der Waals surface area (Å²) < 4.78 is 116. The molecule has 1 aliphatic rings. The van der Waals surface area contributed by atoms with E-state index in [0.717, 1.165) is 0 Å². The van der Waals surface area contributed by atoms with Crippen LogP contribution >= 0.6 is 0 Å². The van der Waals surface area contributed by atoms with Crippen molar-refractivity contribution in [2.24, 2.45) is 7.05 Å². The summed E-state index contributed by atoms with van der Waals surface area (Å²) in [4.78, 5) is 4.58. The number of rotatable bonds is 2. The summed E-state index contributed by atoms with van der Waals surface area (Å²) in [7, 11) is 1.68. The molecule has 33 heavy (non-hydrogen) atoms. The van der Waals surface area contributed by atoms with Gasteiger partial charge in [0, 0.05) is 52.5 Å². The van der Waals surface area contributed by atoms with E-state index in [2.05, 4.69) is 4.98 Å². The van der Waals surface area contributed by atoms with Gasteiger partial charge in [-0.2, -0.15) is 0 Å². The lowest BCUT2D eigenvalue weighted by Crippen LogP contribution is -2.31. The molecule has 0 fully saturated rings. The molecule has 1 aliphatic carbocycles. The van der Waals surface area contributed by atoms with E-state index in [4.69, 9.17) is 22.2 Å². The van der Waals surface area contributed by atoms with Crippen LogP contribution < -0.4 is 4.57 Å². The van der Waals surface area contributed by atoms with E-state index in [1.54, 1.807) is 48.9 Å². The number of aromatic nitrogens is 2. The van der Waals surface area contributed by atoms with E-state index >= 15 is 0 Å². The van der Waals surface area contributed by atoms with Crippen molar-refractivity contribution < 1.29 is 26.8 Å². The first-order valence-electron chi connectivity index (χ1n) is 17.0. The van der Waals surface area contributed by atoms with Crippen LogP contribution in [0.2, 0.25) is 0 Å². The zero-order valence-electron chi connectivity index (χ0n) is 31.1. The van der Waals surface area contributed by atoms with Crippen molar-refractivity contribution >= 4 is 22.1 Å². The molecule has 3 nitrogen and oxygen atoms in total. The lowest BCUT2D eigenvalue weighted by molar-refractivity contribution is -0.660. The molecule has 0 N–H and O–H groups in total. The summed E-state index contributed by atoms with van der Waals surface area (Å²) in [5, 5.41) is 0.519. The number of furan rings is 1. The van der Waals surface area contributed by atoms with Crippen LogP contribution in [0.1, 0.15) is 73.4 Å². The minimum Gasteiger partial charge on any atom is -0.453 e. The predicted molar refractivity (Wildman–Crippen MR) is 135 cm³/mol. The minimum absolute atomic E-state index is 0.000394. The first kappa shape index (κ1) is 10.6. The van der Waals surface area contributed by atoms with E-state index in [0.29, 0.717) is 44.4 Å². The van der Waals surface area contributed by atoms with Gasteiger partial charge in [0.25, 0.3) is 0 Å². The van der Waals surface area contributed by atoms with Gasteiger partial charge in [0.15, 0.2) is 17.4 Å². The second-order valence-corrected chi connectivity index (χ2v) is 8.54. The van der Waals surface area contributed by atoms with E-state index in [1.165, 1.54) is 30.6 Å². The van der Waals surface area contributed by atoms with Gasteiger partial charge >= 0.3 is 0 Å². The van der Waals surface area contributed by atoms with E-state index in [1.807, 2.05) is 0 Å². The van der Waals surface area contributed by atoms with Crippen molar-refractivity contribution in [2.75, 3.05) is 0 Å². The van der Waals surface area contributed by atoms with Gasteiger partial charge in [-0.15, -0.1) is 0 Å². The van der Waals surface area contributed by atoms with Gasteiger partial charge in [-0.25, -0.2) is 4.57 Å². The van der Waals surface area contributed by atoms with E-state index in [-0.39, 0.29) is 22.3 Å². The normalized spacial score (nSPS) is 21.9. The number of nitrogens with zero attached hydrogens (tertiary/aromatic N) is 2. The Morgan fingerprint density at radius 2 is 1.88 bits per heavy atom. The number of hydrogen-bond donors (Lipinski definition) is 0. The Kier molecular flexibility index (Phi) is 2.18. The Morgan fingerprint density at radius 3 is 2.70 bits per heavy atom. The Bertz CT molecular complexity index is 2020. The molecule has 0 amide bonds. The highest BCUT2D eigenvalue weighted by atomic mass is 16.3. The maximum Gasteiger partial charge on any atom is 0.216 e. The third-order valence-corrected chi connectivity index (χ3v) is 6.56. The molecular formula is C30H29N2O+. The number of aryl methyl sites for hydroxylation is 2. The van der Waals surface area contributed by atoms with Crippen LogP contribution in [0.15, 0.2) is 65.3 Å². The smallest absolute Gasteiger partial charge is 0.216 e. The van der Waals surface area contributed by atoms with E-state index < -0.39 is 38.7 Å². The van der Waals surface area contributed by atoms with Crippen LogP contribution in [0.3, 0.4) is 0 Å². The summed E-state index contributed by atoms with van der Waals surface area (Å²) in [6.45, 7) is -10.6. The highest BCUT2D eigenvalue weighted by Gasteiger charge is 2.38. The van der Waals surface area contributed by atoms with E-state index in [9.17, 15) is 0 Å². The Labute approximate surface area is 213 Å². The summed E-state index contributed by atoms with van der Waals surface area (Å²) in [5.41, 5.74) is 0.561. The van der Waals surface area contributed by atoms with Crippen LogP contribution in [0, 0.1) is 6.92 Å². The molecule has 6 rings (SSSR count). The third kappa shape index (κ3) is 2.68. The summed E-state index contributed by atoms with van der Waals surface area (Å²) in [6.07, 6.45) is 2.78. The molecule has 3 aromatic heterocycles. The molecule has 0 saturated heterocycles. The SMILES string of the molecule is [2H]C([2H])([2H])C([2H])(c1cc[n+](C)c(-c2c(C)ccc3c2oc2c4c(cnc23)C(C([2H])([2H])[2H])(C([2H])([2H])[2H])c2ccccc2-4)c1)C([2H])([2H])[2H]. The summed E-state index contributed by atoms with van der Waals surface area (Å²) >= 11 is 0. The molecule has 2 aromatic carbocycles. The lowest BCUT2D eigenvalue weighted by Gasteiger charge is -2.20. The van der Waals surface area contributed by atoms with Crippen LogP contribution in [0.25, 0.3) is 44.5 Å². The van der Waals surface area contributed by atoms with Crippen LogP contribution in [-0.4, -0.2) is 4.98 Å². The monoisotopic (exact) mass is 446 g/mol. The molecule has 3 heteroatoms. The van der Waals surface area contributed by atoms with Gasteiger partial charge in [-0.05, 0) is 46.7 Å². The second kappa shape index (κ2) is 6.77. The number of fused-ring (bicyclic) bond motifs is 7. The molecule has 0 atom stereocenters. The lowest BCUT2D eigenvalue weighted by atomic mass is 9.83. The number of pyridine rings is 2. The molecule has 0 spiro atoms. The maximum atomic E-state index is 8.73. The van der Waals surface area contributed by atoms with Crippen molar-refractivity contribution in [2.45, 2.75) is 45.6 Å². The Hall–Kier alpha value is -3.46. The van der Waals surface area contributed by atoms with Crippen molar-refractivity contribution in [3.05, 3.63) is 83.2 Å². The molecule has 0 bridgehead atoms. The average Bonchev–Trinajstić information content (AvgIpc) is 3.45. The van der Waals surface area contributed by atoms with Gasteiger partial charge in [0.05, 0.1) is 5.56 Å². The molecule has 5 aromatic rings.